The van der Waals surface area contributed by atoms with Gasteiger partial charge in [-0.15, -0.1) is 0 Å². The molecule has 30 heavy (non-hydrogen) atoms. The molecule has 7 nitrogen and oxygen atoms in total. The lowest BCUT2D eigenvalue weighted by molar-refractivity contribution is -0.127. The topological polar surface area (TPSA) is 88.7 Å². The Hall–Kier alpha value is -3.22. The van der Waals surface area contributed by atoms with Crippen LogP contribution in [0.1, 0.15) is 36.8 Å². The molecule has 1 fully saturated rings. The second kappa shape index (κ2) is 9.07. The van der Waals surface area contributed by atoms with Gasteiger partial charge in [-0.3, -0.25) is 4.79 Å². The highest BCUT2D eigenvalue weighted by Gasteiger charge is 2.42. The van der Waals surface area contributed by atoms with Crippen LogP contribution in [0.5, 0.6) is 11.5 Å². The van der Waals surface area contributed by atoms with E-state index in [9.17, 15) is 9.59 Å². The number of urea groups is 1. The molecule has 1 heterocycles. The SMILES string of the molecule is O=C(NCc1ccccc1)NC1(C(=O)NCc2cccc3c2OCCO3)CCCC1. The van der Waals surface area contributed by atoms with Gasteiger partial charge in [0, 0.05) is 18.7 Å². The molecule has 0 atom stereocenters. The van der Waals surface area contributed by atoms with E-state index in [0.717, 1.165) is 24.0 Å². The van der Waals surface area contributed by atoms with Crippen molar-refractivity contribution in [2.24, 2.45) is 0 Å². The minimum atomic E-state index is -0.882. The van der Waals surface area contributed by atoms with Crippen molar-refractivity contribution < 1.29 is 19.1 Å². The van der Waals surface area contributed by atoms with Crippen molar-refractivity contribution in [2.75, 3.05) is 13.2 Å². The van der Waals surface area contributed by atoms with Gasteiger partial charge in [0.15, 0.2) is 11.5 Å². The lowest BCUT2D eigenvalue weighted by atomic mass is 9.96. The Morgan fingerprint density at radius 1 is 0.867 bits per heavy atom. The van der Waals surface area contributed by atoms with E-state index in [4.69, 9.17) is 9.47 Å². The Kier molecular flexibility index (Phi) is 6.07. The highest BCUT2D eigenvalue weighted by molar-refractivity contribution is 5.91. The maximum Gasteiger partial charge on any atom is 0.315 e. The first-order valence-corrected chi connectivity index (χ1v) is 10.4. The minimum Gasteiger partial charge on any atom is -0.486 e. The van der Waals surface area contributed by atoms with Gasteiger partial charge in [0.25, 0.3) is 0 Å². The van der Waals surface area contributed by atoms with E-state index in [1.54, 1.807) is 0 Å². The van der Waals surface area contributed by atoms with E-state index in [1.807, 2.05) is 48.5 Å². The fourth-order valence-electron chi connectivity index (χ4n) is 4.05. The van der Waals surface area contributed by atoms with Gasteiger partial charge in [0.1, 0.15) is 18.8 Å². The second-order valence-corrected chi connectivity index (χ2v) is 7.71. The van der Waals surface area contributed by atoms with E-state index in [0.29, 0.717) is 50.6 Å². The van der Waals surface area contributed by atoms with Crippen molar-refractivity contribution >= 4 is 11.9 Å². The molecule has 3 N–H and O–H groups in total. The molecular weight excluding hydrogens is 382 g/mol. The second-order valence-electron chi connectivity index (χ2n) is 7.71. The molecule has 0 aromatic heterocycles. The number of benzene rings is 2. The zero-order chi connectivity index (χ0) is 20.8. The molecule has 7 heteroatoms. The van der Waals surface area contributed by atoms with Crippen molar-refractivity contribution in [1.82, 2.24) is 16.0 Å². The molecule has 1 saturated carbocycles. The van der Waals surface area contributed by atoms with E-state index >= 15 is 0 Å². The van der Waals surface area contributed by atoms with Crippen LogP contribution in [0.3, 0.4) is 0 Å². The Labute approximate surface area is 176 Å². The number of hydrogen-bond donors (Lipinski definition) is 3. The Morgan fingerprint density at radius 3 is 2.43 bits per heavy atom. The first kappa shape index (κ1) is 20.1. The Balaban J connectivity index is 1.37. The number of fused-ring (bicyclic) bond motifs is 1. The summed E-state index contributed by atoms with van der Waals surface area (Å²) in [6, 6.07) is 15.0. The van der Waals surface area contributed by atoms with Gasteiger partial charge in [-0.1, -0.05) is 55.3 Å². The van der Waals surface area contributed by atoms with E-state index in [-0.39, 0.29) is 11.9 Å². The minimum absolute atomic E-state index is 0.163. The Morgan fingerprint density at radius 2 is 1.63 bits per heavy atom. The van der Waals surface area contributed by atoms with Crippen molar-refractivity contribution in [2.45, 2.75) is 44.3 Å². The molecule has 3 amide bonds. The summed E-state index contributed by atoms with van der Waals surface area (Å²) in [5.41, 5.74) is 0.989. The quantitative estimate of drug-likeness (QED) is 0.685. The normalized spacial score (nSPS) is 16.5. The highest BCUT2D eigenvalue weighted by Crippen LogP contribution is 2.34. The number of carbonyl (C=O) groups excluding carboxylic acids is 2. The van der Waals surface area contributed by atoms with Gasteiger partial charge >= 0.3 is 6.03 Å². The summed E-state index contributed by atoms with van der Waals surface area (Å²) in [6.45, 7) is 1.75. The standard InChI is InChI=1S/C23H27N3O4/c27-21(24-16-18-9-6-10-19-20(18)30-14-13-29-19)23(11-4-5-12-23)26-22(28)25-15-17-7-2-1-3-8-17/h1-3,6-10H,4-5,11-16H2,(H,24,27)(H2,25,26,28). The molecule has 2 aliphatic rings. The average molecular weight is 409 g/mol. The van der Waals surface area contributed by atoms with Gasteiger partial charge in [-0.25, -0.2) is 4.79 Å². The maximum absolute atomic E-state index is 13.1. The number of ether oxygens (including phenoxy) is 2. The van der Waals surface area contributed by atoms with Gasteiger partial charge < -0.3 is 25.4 Å². The van der Waals surface area contributed by atoms with Gasteiger partial charge in [-0.2, -0.15) is 0 Å². The molecule has 0 bridgehead atoms. The van der Waals surface area contributed by atoms with Crippen LogP contribution in [0.25, 0.3) is 0 Å². The molecule has 0 spiro atoms. The third-order valence-corrected chi connectivity index (χ3v) is 5.63. The van der Waals surface area contributed by atoms with Gasteiger partial charge in [0.05, 0.1) is 0 Å². The molecule has 158 valence electrons. The molecule has 0 saturated heterocycles. The first-order valence-electron chi connectivity index (χ1n) is 10.4. The summed E-state index contributed by atoms with van der Waals surface area (Å²) in [6.07, 6.45) is 3.07. The molecule has 2 aromatic rings. The van der Waals surface area contributed by atoms with Crippen LogP contribution in [0.2, 0.25) is 0 Å². The number of rotatable bonds is 6. The monoisotopic (exact) mass is 409 g/mol. The predicted molar refractivity (Wildman–Crippen MR) is 112 cm³/mol. The number of amides is 3. The van der Waals surface area contributed by atoms with E-state index < -0.39 is 5.54 Å². The third kappa shape index (κ3) is 4.50. The van der Waals surface area contributed by atoms with Gasteiger partial charge in [0.2, 0.25) is 5.91 Å². The fraction of sp³-hybridized carbons (Fsp3) is 0.391. The summed E-state index contributed by atoms with van der Waals surface area (Å²) in [5.74, 6) is 1.21. The predicted octanol–water partition coefficient (Wildman–Crippen LogP) is 2.89. The first-order chi connectivity index (χ1) is 14.7. The number of nitrogens with one attached hydrogen (secondary N) is 3. The average Bonchev–Trinajstić information content (AvgIpc) is 3.26. The zero-order valence-electron chi connectivity index (χ0n) is 16.9. The lowest BCUT2D eigenvalue weighted by Crippen LogP contribution is -2.59. The van der Waals surface area contributed by atoms with Crippen molar-refractivity contribution in [3.63, 3.8) is 0 Å². The van der Waals surface area contributed by atoms with Crippen LogP contribution in [0.15, 0.2) is 48.5 Å². The maximum atomic E-state index is 13.1. The van der Waals surface area contributed by atoms with Crippen molar-refractivity contribution in [3.8, 4) is 11.5 Å². The summed E-state index contributed by atoms with van der Waals surface area (Å²) >= 11 is 0. The largest absolute Gasteiger partial charge is 0.486 e. The number of para-hydroxylation sites is 1. The van der Waals surface area contributed by atoms with E-state index in [1.165, 1.54) is 0 Å². The van der Waals surface area contributed by atoms with Crippen molar-refractivity contribution in [3.05, 3.63) is 59.7 Å². The summed E-state index contributed by atoms with van der Waals surface area (Å²) in [5, 5.41) is 8.79. The lowest BCUT2D eigenvalue weighted by Gasteiger charge is -2.29. The molecule has 1 aliphatic carbocycles. The van der Waals surface area contributed by atoms with Crippen LogP contribution in [-0.4, -0.2) is 30.7 Å². The smallest absolute Gasteiger partial charge is 0.315 e. The van der Waals surface area contributed by atoms with Crippen molar-refractivity contribution in [1.29, 1.82) is 0 Å². The fourth-order valence-corrected chi connectivity index (χ4v) is 4.05. The summed E-state index contributed by atoms with van der Waals surface area (Å²) in [7, 11) is 0. The molecule has 4 rings (SSSR count). The van der Waals surface area contributed by atoms with Crippen LogP contribution in [-0.2, 0) is 17.9 Å². The van der Waals surface area contributed by atoms with E-state index in [2.05, 4.69) is 16.0 Å². The van der Waals surface area contributed by atoms with Gasteiger partial charge in [-0.05, 0) is 24.5 Å². The highest BCUT2D eigenvalue weighted by atomic mass is 16.6. The molecule has 1 aliphatic heterocycles. The molecule has 0 radical (unpaired) electrons. The summed E-state index contributed by atoms with van der Waals surface area (Å²) in [4.78, 5) is 25.6. The number of carbonyl (C=O) groups is 2. The summed E-state index contributed by atoms with van der Waals surface area (Å²) < 4.78 is 11.3. The molecular formula is C23H27N3O4. The van der Waals surface area contributed by atoms with Crippen LogP contribution >= 0.6 is 0 Å². The van der Waals surface area contributed by atoms with Crippen LogP contribution in [0, 0.1) is 0 Å². The Bertz CT molecular complexity index is 895. The van der Waals surface area contributed by atoms with Crippen LogP contribution < -0.4 is 25.4 Å². The molecule has 0 unspecified atom stereocenters. The molecule has 2 aromatic carbocycles. The third-order valence-electron chi connectivity index (χ3n) is 5.63. The zero-order valence-corrected chi connectivity index (χ0v) is 16.9. The van der Waals surface area contributed by atoms with Crippen LogP contribution in [0.4, 0.5) is 4.79 Å². The number of hydrogen-bond acceptors (Lipinski definition) is 4.